The second-order valence-electron chi connectivity index (χ2n) is 7.56. The number of likely N-dealkylation sites (N-methyl/N-ethyl adjacent to an activating group) is 1. The van der Waals surface area contributed by atoms with E-state index in [2.05, 4.69) is 47.1 Å². The first-order chi connectivity index (χ1) is 11.2. The van der Waals surface area contributed by atoms with E-state index < -0.39 is 0 Å². The summed E-state index contributed by atoms with van der Waals surface area (Å²) in [6, 6.07) is 11.1. The highest BCUT2D eigenvalue weighted by Gasteiger charge is 2.41. The van der Waals surface area contributed by atoms with Gasteiger partial charge in [0.05, 0.1) is 0 Å². The fourth-order valence-electron chi connectivity index (χ4n) is 4.60. The largest absolute Gasteiger partial charge is 0.396 e. The van der Waals surface area contributed by atoms with Crippen molar-refractivity contribution >= 4 is 0 Å². The number of hydrogen-bond donors (Lipinski definition) is 1. The minimum atomic E-state index is 0.321. The van der Waals surface area contributed by atoms with Gasteiger partial charge in [-0.1, -0.05) is 37.3 Å². The van der Waals surface area contributed by atoms with Crippen molar-refractivity contribution < 1.29 is 5.11 Å². The number of likely N-dealkylation sites (tertiary alicyclic amines) is 2. The third kappa shape index (κ3) is 4.14. The van der Waals surface area contributed by atoms with Gasteiger partial charge in [0.25, 0.3) is 0 Å². The molecule has 1 aromatic rings. The lowest BCUT2D eigenvalue weighted by atomic mass is 9.68. The number of benzene rings is 1. The van der Waals surface area contributed by atoms with Crippen LogP contribution in [0.2, 0.25) is 0 Å². The molecule has 1 aromatic carbocycles. The zero-order valence-electron chi connectivity index (χ0n) is 14.6. The Labute approximate surface area is 141 Å². The molecule has 2 aliphatic heterocycles. The van der Waals surface area contributed by atoms with E-state index in [-0.39, 0.29) is 0 Å². The molecular weight excluding hydrogens is 284 g/mol. The van der Waals surface area contributed by atoms with Crippen LogP contribution in [0, 0.1) is 5.41 Å². The van der Waals surface area contributed by atoms with E-state index >= 15 is 0 Å². The monoisotopic (exact) mass is 316 g/mol. The molecule has 2 saturated heterocycles. The van der Waals surface area contributed by atoms with Gasteiger partial charge in [-0.3, -0.25) is 0 Å². The number of hydrogen-bond acceptors (Lipinski definition) is 3. The first-order valence-electron chi connectivity index (χ1n) is 9.35. The molecule has 1 N–H and O–H groups in total. The van der Waals surface area contributed by atoms with Crippen LogP contribution in [0.4, 0.5) is 0 Å². The van der Waals surface area contributed by atoms with Crippen molar-refractivity contribution in [1.29, 1.82) is 0 Å². The van der Waals surface area contributed by atoms with Gasteiger partial charge in [-0.05, 0) is 62.2 Å². The van der Waals surface area contributed by atoms with Crippen molar-refractivity contribution in [2.75, 3.05) is 45.9 Å². The fraction of sp³-hybridized carbons (Fsp3) is 0.700. The summed E-state index contributed by atoms with van der Waals surface area (Å²) in [5, 5.41) is 9.03. The normalized spacial score (nSPS) is 25.7. The van der Waals surface area contributed by atoms with Crippen LogP contribution in [0.5, 0.6) is 0 Å². The summed E-state index contributed by atoms with van der Waals surface area (Å²) in [6.45, 7) is 9.76. The molecule has 3 heteroatoms. The maximum atomic E-state index is 9.03. The summed E-state index contributed by atoms with van der Waals surface area (Å²) in [5.41, 5.74) is 2.03. The minimum absolute atomic E-state index is 0.321. The molecule has 0 aliphatic carbocycles. The predicted octanol–water partition coefficient (Wildman–Crippen LogP) is 2.96. The van der Waals surface area contributed by atoms with E-state index in [1.807, 2.05) is 0 Å². The van der Waals surface area contributed by atoms with Gasteiger partial charge in [-0.25, -0.2) is 0 Å². The van der Waals surface area contributed by atoms with Crippen molar-refractivity contribution in [3.05, 3.63) is 35.9 Å². The van der Waals surface area contributed by atoms with Crippen LogP contribution in [-0.2, 0) is 0 Å². The maximum absolute atomic E-state index is 9.03. The molecule has 0 saturated carbocycles. The van der Waals surface area contributed by atoms with Crippen molar-refractivity contribution in [1.82, 2.24) is 9.80 Å². The minimum Gasteiger partial charge on any atom is -0.396 e. The highest BCUT2D eigenvalue weighted by Crippen LogP contribution is 2.44. The van der Waals surface area contributed by atoms with Crippen LogP contribution in [0.1, 0.15) is 44.1 Å². The second kappa shape index (κ2) is 7.78. The number of aliphatic hydroxyl groups is 1. The van der Waals surface area contributed by atoms with Gasteiger partial charge in [0.1, 0.15) is 0 Å². The molecule has 0 amide bonds. The Kier molecular flexibility index (Phi) is 5.73. The van der Waals surface area contributed by atoms with Gasteiger partial charge in [0.15, 0.2) is 0 Å². The first-order valence-corrected chi connectivity index (χ1v) is 9.35. The second-order valence-corrected chi connectivity index (χ2v) is 7.56. The molecule has 0 bridgehead atoms. The molecule has 128 valence electrons. The molecule has 2 fully saturated rings. The summed E-state index contributed by atoms with van der Waals surface area (Å²) >= 11 is 0. The molecule has 3 rings (SSSR count). The lowest BCUT2D eigenvalue weighted by molar-refractivity contribution is 0.0147. The highest BCUT2D eigenvalue weighted by atomic mass is 16.3. The van der Waals surface area contributed by atoms with Gasteiger partial charge in [0.2, 0.25) is 0 Å². The number of piperidine rings is 2. The van der Waals surface area contributed by atoms with E-state index in [4.69, 9.17) is 5.11 Å². The van der Waals surface area contributed by atoms with Gasteiger partial charge >= 0.3 is 0 Å². The Balaban J connectivity index is 1.67. The Morgan fingerprint density at radius 2 is 1.87 bits per heavy atom. The Morgan fingerprint density at radius 3 is 2.52 bits per heavy atom. The van der Waals surface area contributed by atoms with Crippen LogP contribution in [-0.4, -0.2) is 60.8 Å². The third-order valence-corrected chi connectivity index (χ3v) is 5.98. The summed E-state index contributed by atoms with van der Waals surface area (Å²) < 4.78 is 0. The first kappa shape index (κ1) is 16.9. The summed E-state index contributed by atoms with van der Waals surface area (Å²) in [7, 11) is 0. The topological polar surface area (TPSA) is 26.7 Å². The van der Waals surface area contributed by atoms with E-state index in [1.54, 1.807) is 0 Å². The Hall–Kier alpha value is -0.900. The van der Waals surface area contributed by atoms with E-state index in [0.717, 1.165) is 13.0 Å². The van der Waals surface area contributed by atoms with Crippen LogP contribution in [0.15, 0.2) is 30.3 Å². The molecule has 2 aliphatic rings. The predicted molar refractivity (Wildman–Crippen MR) is 95.7 cm³/mol. The maximum Gasteiger partial charge on any atom is 0.0443 e. The van der Waals surface area contributed by atoms with Crippen molar-refractivity contribution in [3.8, 4) is 0 Å². The average molecular weight is 316 g/mol. The highest BCUT2D eigenvalue weighted by molar-refractivity contribution is 5.21. The van der Waals surface area contributed by atoms with Gasteiger partial charge in [0, 0.05) is 26.2 Å². The molecule has 1 spiro atoms. The van der Waals surface area contributed by atoms with Gasteiger partial charge in [-0.15, -0.1) is 0 Å². The fourth-order valence-corrected chi connectivity index (χ4v) is 4.60. The van der Waals surface area contributed by atoms with Crippen LogP contribution >= 0.6 is 0 Å². The standard InChI is InChI=1S/C20H32N2O/c1-2-21-16-19(18-7-4-3-5-8-18)15-20(17-21)9-12-22(13-10-20)11-6-14-23/h3-5,7-8,19,23H,2,6,9-17H2,1H3. The van der Waals surface area contributed by atoms with Crippen LogP contribution in [0.25, 0.3) is 0 Å². The summed E-state index contributed by atoms with van der Waals surface area (Å²) in [4.78, 5) is 5.22. The zero-order valence-corrected chi connectivity index (χ0v) is 14.6. The number of nitrogens with zero attached hydrogens (tertiary/aromatic N) is 2. The summed E-state index contributed by atoms with van der Waals surface area (Å²) in [5.74, 6) is 0.689. The van der Waals surface area contributed by atoms with Crippen LogP contribution < -0.4 is 0 Å². The molecule has 3 nitrogen and oxygen atoms in total. The summed E-state index contributed by atoms with van der Waals surface area (Å²) in [6.07, 6.45) is 4.90. The number of aliphatic hydroxyl groups excluding tert-OH is 1. The molecule has 1 unspecified atom stereocenters. The molecule has 0 radical (unpaired) electrons. The molecule has 2 heterocycles. The quantitative estimate of drug-likeness (QED) is 0.905. The smallest absolute Gasteiger partial charge is 0.0443 e. The van der Waals surface area contributed by atoms with Crippen molar-refractivity contribution in [3.63, 3.8) is 0 Å². The third-order valence-electron chi connectivity index (χ3n) is 5.98. The SMILES string of the molecule is CCN1CC(c2ccccc2)CC2(CCN(CCCO)CC2)C1. The Bertz CT molecular complexity index is 468. The Morgan fingerprint density at radius 1 is 1.13 bits per heavy atom. The van der Waals surface area contributed by atoms with E-state index in [9.17, 15) is 0 Å². The average Bonchev–Trinajstić information content (AvgIpc) is 2.62. The lowest BCUT2D eigenvalue weighted by Gasteiger charge is -2.50. The zero-order chi connectivity index (χ0) is 16.1. The van der Waals surface area contributed by atoms with Crippen molar-refractivity contribution in [2.45, 2.75) is 38.5 Å². The molecule has 0 aromatic heterocycles. The van der Waals surface area contributed by atoms with Gasteiger partial charge < -0.3 is 14.9 Å². The van der Waals surface area contributed by atoms with Crippen LogP contribution in [0.3, 0.4) is 0 Å². The molecule has 1 atom stereocenters. The van der Waals surface area contributed by atoms with E-state index in [1.165, 1.54) is 57.5 Å². The van der Waals surface area contributed by atoms with Crippen molar-refractivity contribution in [2.24, 2.45) is 5.41 Å². The molecular formula is C20H32N2O. The van der Waals surface area contributed by atoms with E-state index in [0.29, 0.717) is 17.9 Å². The number of rotatable bonds is 5. The van der Waals surface area contributed by atoms with Gasteiger partial charge in [-0.2, -0.15) is 0 Å². The lowest BCUT2D eigenvalue weighted by Crippen LogP contribution is -2.51. The molecule has 23 heavy (non-hydrogen) atoms.